The number of hydrogen-bond acceptors (Lipinski definition) is 10. The molecule has 4 unspecified atom stereocenters. The molecule has 15 nitrogen and oxygen atoms in total. The topological polar surface area (TPSA) is 195 Å². The van der Waals surface area contributed by atoms with Gasteiger partial charge >= 0.3 is 6.09 Å². The molecule has 2 fully saturated rings. The van der Waals surface area contributed by atoms with Crippen LogP contribution in [0.5, 0.6) is 0 Å². The molecule has 6 rings (SSSR count). The first kappa shape index (κ1) is 40.1. The molecule has 0 aliphatic carbocycles. The van der Waals surface area contributed by atoms with E-state index in [9.17, 15) is 24.3 Å². The second-order valence-electron chi connectivity index (χ2n) is 15.3. The van der Waals surface area contributed by atoms with Crippen LogP contribution in [-0.2, 0) is 25.5 Å². The third kappa shape index (κ3) is 9.25. The van der Waals surface area contributed by atoms with Crippen LogP contribution in [0.4, 0.5) is 4.79 Å². The van der Waals surface area contributed by atoms with Crippen molar-refractivity contribution >= 4 is 40.6 Å². The predicted molar refractivity (Wildman–Crippen MR) is 209 cm³/mol. The molecule has 4 atom stereocenters. The van der Waals surface area contributed by atoms with Gasteiger partial charge in [-0.3, -0.25) is 24.4 Å². The van der Waals surface area contributed by atoms with Crippen molar-refractivity contribution in [1.82, 2.24) is 40.4 Å². The maximum atomic E-state index is 13.5. The monoisotopic (exact) mass is 765 g/mol. The zero-order chi connectivity index (χ0) is 39.9. The van der Waals surface area contributed by atoms with E-state index in [1.54, 1.807) is 17.3 Å². The molecular weight excluding hydrogens is 715 g/mol. The maximum Gasteiger partial charge on any atom is 0.407 e. The Labute approximate surface area is 326 Å². The highest BCUT2D eigenvalue weighted by molar-refractivity contribution is 5.98. The van der Waals surface area contributed by atoms with Gasteiger partial charge < -0.3 is 35.3 Å². The molecule has 15 heteroatoms. The Morgan fingerprint density at radius 3 is 2.29 bits per heavy atom. The fourth-order valence-electron chi connectivity index (χ4n) is 7.57. The summed E-state index contributed by atoms with van der Waals surface area (Å²) < 4.78 is 4.75. The van der Waals surface area contributed by atoms with E-state index < -0.39 is 30.7 Å². The number of nitrogens with zero attached hydrogens (tertiary/aromatic N) is 6. The maximum absolute atomic E-state index is 13.5. The average molecular weight is 766 g/mol. The normalized spacial score (nSPS) is 19.1. The molecular formula is C41H51N9O6. The van der Waals surface area contributed by atoms with Gasteiger partial charge in [0.1, 0.15) is 30.2 Å². The van der Waals surface area contributed by atoms with E-state index in [0.717, 1.165) is 60.1 Å². The second kappa shape index (κ2) is 17.9. The average Bonchev–Trinajstić information content (AvgIpc) is 4.03. The van der Waals surface area contributed by atoms with Crippen molar-refractivity contribution in [1.29, 1.82) is 0 Å². The Hall–Kier alpha value is -5.62. The van der Waals surface area contributed by atoms with Gasteiger partial charge in [-0.15, -0.1) is 0 Å². The lowest BCUT2D eigenvalue weighted by atomic mass is 9.98. The fraction of sp³-hybridized carbons (Fsp3) is 0.512. The van der Waals surface area contributed by atoms with Gasteiger partial charge in [0.15, 0.2) is 0 Å². The van der Waals surface area contributed by atoms with Gasteiger partial charge in [0.05, 0.1) is 42.1 Å². The molecule has 2 aromatic heterocycles. The quantitative estimate of drug-likeness (QED) is 0.199. The molecule has 0 radical (unpaired) electrons. The molecule has 0 bridgehead atoms. The van der Waals surface area contributed by atoms with Crippen molar-refractivity contribution in [3.05, 3.63) is 65.1 Å². The van der Waals surface area contributed by atoms with Crippen LogP contribution in [0.3, 0.4) is 0 Å². The molecule has 0 saturated carbocycles. The molecule has 4 amide bonds. The van der Waals surface area contributed by atoms with E-state index in [4.69, 9.17) is 14.7 Å². The third-order valence-corrected chi connectivity index (χ3v) is 10.6. The van der Waals surface area contributed by atoms with E-state index in [0.29, 0.717) is 37.4 Å². The minimum absolute atomic E-state index is 0.105. The third-order valence-electron chi connectivity index (χ3n) is 10.6. The van der Waals surface area contributed by atoms with Gasteiger partial charge in [-0.2, -0.15) is 0 Å². The molecule has 4 N–H and O–H groups in total. The summed E-state index contributed by atoms with van der Waals surface area (Å²) in [5.41, 5.74) is 5.88. The van der Waals surface area contributed by atoms with Crippen LogP contribution >= 0.6 is 0 Å². The summed E-state index contributed by atoms with van der Waals surface area (Å²) in [6.07, 6.45) is 10.1. The number of H-pyrrole nitrogens is 1. The number of carbonyl (C=O) groups is 4. The number of imidazole rings is 1. The van der Waals surface area contributed by atoms with Crippen LogP contribution in [0.2, 0.25) is 0 Å². The summed E-state index contributed by atoms with van der Waals surface area (Å²) in [6, 6.07) is 4.01. The van der Waals surface area contributed by atoms with E-state index in [-0.39, 0.29) is 35.7 Å². The largest absolute Gasteiger partial charge is 0.453 e. The number of aliphatic hydroxyl groups excluding tert-OH is 1. The molecule has 1 aromatic carbocycles. The standard InChI is InChI=1S/C41H51N9O6/c1-24(2)36(47-35(52)23-51)39(53)49-16-6-8-33(49)32-19-27(20-44-32)11-14-29-22-42-28(21-43-29)13-10-26-12-15-30-31(18-26)46-38(45-30)34-9-7-17-50(34)40(54)37(25(3)4)48-41(55)56-5/h12,15,18,20-22,24-25,33-34,36-37,51H,6-9,11,14,16-17,19,23H2,1-5H3,(H,45,46)(H,47,52)(H,48,55). The molecule has 56 heavy (non-hydrogen) atoms. The van der Waals surface area contributed by atoms with Gasteiger partial charge in [0.25, 0.3) is 0 Å². The van der Waals surface area contributed by atoms with Gasteiger partial charge in [-0.1, -0.05) is 33.6 Å². The SMILES string of the molecule is COC(=O)NC(C(=O)N1CCCC1c1nc2ccc(C#Cc3cnc(CCC4=CN=C(C5CCCN5C(=O)C(NC(=O)CO)C(C)C)C4)cn3)cc2[nH]1)C(C)C. The zero-order valence-electron chi connectivity index (χ0n) is 32.7. The number of fused-ring (bicyclic) bond motifs is 1. The summed E-state index contributed by atoms with van der Waals surface area (Å²) >= 11 is 0. The Bertz CT molecular complexity index is 2060. The predicted octanol–water partition coefficient (Wildman–Crippen LogP) is 3.58. The van der Waals surface area contributed by atoms with Crippen molar-refractivity contribution in [2.75, 3.05) is 26.8 Å². The van der Waals surface area contributed by atoms with Gasteiger partial charge in [0, 0.05) is 43.2 Å². The molecule has 3 aliphatic rings. The van der Waals surface area contributed by atoms with Crippen LogP contribution in [0.25, 0.3) is 11.0 Å². The summed E-state index contributed by atoms with van der Waals surface area (Å²) in [5.74, 6) is 5.90. The molecule has 3 aliphatic heterocycles. The molecule has 5 heterocycles. The second-order valence-corrected chi connectivity index (χ2v) is 15.3. The van der Waals surface area contributed by atoms with E-state index in [1.807, 2.05) is 57.0 Å². The van der Waals surface area contributed by atoms with Gasteiger partial charge in [-0.25, -0.2) is 14.8 Å². The van der Waals surface area contributed by atoms with Gasteiger partial charge in [-0.05, 0) is 80.1 Å². The van der Waals surface area contributed by atoms with Crippen molar-refractivity contribution in [2.45, 2.75) is 96.8 Å². The number of aliphatic hydroxyl groups is 1. The van der Waals surface area contributed by atoms with Crippen molar-refractivity contribution in [2.24, 2.45) is 16.8 Å². The van der Waals surface area contributed by atoms with Gasteiger partial charge in [0.2, 0.25) is 17.7 Å². The first-order valence-corrected chi connectivity index (χ1v) is 19.4. The van der Waals surface area contributed by atoms with E-state index in [1.165, 1.54) is 12.7 Å². The van der Waals surface area contributed by atoms with Crippen LogP contribution in [0, 0.1) is 23.7 Å². The van der Waals surface area contributed by atoms with Crippen LogP contribution in [0.15, 0.2) is 47.4 Å². The Morgan fingerprint density at radius 1 is 0.929 bits per heavy atom. The number of amides is 4. The molecule has 2 saturated heterocycles. The highest BCUT2D eigenvalue weighted by Crippen LogP contribution is 2.33. The fourth-order valence-corrected chi connectivity index (χ4v) is 7.57. The number of ether oxygens (including phenoxy) is 1. The molecule has 3 aromatic rings. The number of nitrogens with one attached hydrogen (secondary N) is 3. The highest BCUT2D eigenvalue weighted by Gasteiger charge is 2.39. The lowest BCUT2D eigenvalue weighted by molar-refractivity contribution is -0.138. The summed E-state index contributed by atoms with van der Waals surface area (Å²) in [4.78, 5) is 76.4. The smallest absolute Gasteiger partial charge is 0.407 e. The number of benzene rings is 1. The van der Waals surface area contributed by atoms with Crippen molar-refractivity contribution < 1.29 is 29.0 Å². The molecule has 296 valence electrons. The number of rotatable bonds is 12. The first-order chi connectivity index (χ1) is 26.9. The van der Waals surface area contributed by atoms with E-state index in [2.05, 4.69) is 37.4 Å². The number of aliphatic imine (C=N–C) groups is 1. The van der Waals surface area contributed by atoms with E-state index >= 15 is 0 Å². The number of aromatic amines is 1. The number of aryl methyl sites for hydroxylation is 1. The lowest BCUT2D eigenvalue weighted by Gasteiger charge is -2.31. The molecule has 0 spiro atoms. The number of alkyl carbamates (subject to hydrolysis) is 1. The number of methoxy groups -OCH3 is 1. The van der Waals surface area contributed by atoms with Crippen LogP contribution in [0.1, 0.15) is 95.0 Å². The Balaban J connectivity index is 1.02. The Kier molecular flexibility index (Phi) is 12.8. The number of hydrogen-bond donors (Lipinski definition) is 4. The Morgan fingerprint density at radius 2 is 1.62 bits per heavy atom. The van der Waals surface area contributed by atoms with Crippen LogP contribution < -0.4 is 10.6 Å². The number of carbonyl (C=O) groups excluding carboxylic acids is 4. The minimum atomic E-state index is -0.701. The summed E-state index contributed by atoms with van der Waals surface area (Å²) in [7, 11) is 1.28. The zero-order valence-corrected chi connectivity index (χ0v) is 32.7. The summed E-state index contributed by atoms with van der Waals surface area (Å²) in [5, 5.41) is 14.6. The van der Waals surface area contributed by atoms with Crippen molar-refractivity contribution in [3.63, 3.8) is 0 Å². The minimum Gasteiger partial charge on any atom is -0.453 e. The number of aromatic nitrogens is 4. The highest BCUT2D eigenvalue weighted by atomic mass is 16.5. The number of likely N-dealkylation sites (tertiary alicyclic amines) is 2. The summed E-state index contributed by atoms with van der Waals surface area (Å²) in [6.45, 7) is 8.08. The van der Waals surface area contributed by atoms with Crippen LogP contribution in [-0.4, -0.2) is 109 Å². The van der Waals surface area contributed by atoms with Crippen molar-refractivity contribution in [3.8, 4) is 11.8 Å². The first-order valence-electron chi connectivity index (χ1n) is 19.4. The lowest BCUT2D eigenvalue weighted by Crippen LogP contribution is -2.54. The number of allylic oxidation sites excluding steroid dienone is 1.